The fourth-order valence-corrected chi connectivity index (χ4v) is 7.00. The predicted octanol–water partition coefficient (Wildman–Crippen LogP) is 1.84. The number of rotatable bonds is 3. The molecule has 0 N–H and O–H groups in total. The summed E-state index contributed by atoms with van der Waals surface area (Å²) >= 11 is 0. The first-order valence-electron chi connectivity index (χ1n) is 9.02. The maximum absolute atomic E-state index is 3.56. The summed E-state index contributed by atoms with van der Waals surface area (Å²) in [4.78, 5) is 0. The molecule has 0 amide bonds. The Morgan fingerprint density at radius 2 is 1.11 bits per heavy atom. The molecular formula is C24H26BrPSi. The molecule has 0 heterocycles. The molecule has 0 nitrogen and oxygen atoms in total. The molecule has 0 unspecified atom stereocenters. The van der Waals surface area contributed by atoms with E-state index in [9.17, 15) is 0 Å². The van der Waals surface area contributed by atoms with E-state index in [1.54, 1.807) is 0 Å². The van der Waals surface area contributed by atoms with Crippen molar-refractivity contribution in [3.8, 4) is 11.5 Å². The number of halogens is 1. The van der Waals surface area contributed by atoms with Gasteiger partial charge in [0.25, 0.3) is 0 Å². The zero-order chi connectivity index (χ0) is 18.6. The van der Waals surface area contributed by atoms with Crippen LogP contribution in [0.25, 0.3) is 0 Å². The van der Waals surface area contributed by atoms with Crippen LogP contribution < -0.4 is 32.9 Å². The Morgan fingerprint density at radius 1 is 0.667 bits per heavy atom. The van der Waals surface area contributed by atoms with Gasteiger partial charge < -0.3 is 17.0 Å². The summed E-state index contributed by atoms with van der Waals surface area (Å²) in [7, 11) is -3.16. The zero-order valence-electron chi connectivity index (χ0n) is 16.4. The summed E-state index contributed by atoms with van der Waals surface area (Å²) in [6.45, 7) is 9.31. The minimum atomic E-state index is -1.73. The van der Waals surface area contributed by atoms with E-state index in [1.807, 2.05) is 0 Å². The molecule has 3 aromatic rings. The topological polar surface area (TPSA) is 0 Å². The highest BCUT2D eigenvalue weighted by Gasteiger charge is 2.41. The van der Waals surface area contributed by atoms with E-state index in [0.717, 1.165) is 0 Å². The zero-order valence-corrected chi connectivity index (χ0v) is 19.9. The lowest BCUT2D eigenvalue weighted by Crippen LogP contribution is -3.00. The molecule has 0 bridgehead atoms. The molecule has 3 heteroatoms. The normalized spacial score (nSPS) is 11.1. The molecule has 0 aliphatic carbocycles. The Kier molecular flexibility index (Phi) is 7.23. The second-order valence-electron chi connectivity index (χ2n) is 7.69. The van der Waals surface area contributed by atoms with Crippen LogP contribution in [-0.4, -0.2) is 14.7 Å². The van der Waals surface area contributed by atoms with E-state index in [0.29, 0.717) is 0 Å². The lowest BCUT2D eigenvalue weighted by atomic mass is 10.2. The maximum Gasteiger partial charge on any atom is 0.129 e. The summed E-state index contributed by atoms with van der Waals surface area (Å²) in [6.07, 6.45) is 0. The van der Waals surface area contributed by atoms with Gasteiger partial charge in [-0.15, -0.1) is 5.54 Å². The van der Waals surface area contributed by atoms with Crippen molar-refractivity contribution in [2.75, 3.05) is 6.66 Å². The van der Waals surface area contributed by atoms with Gasteiger partial charge in [-0.1, -0.05) is 74.1 Å². The quantitative estimate of drug-likeness (QED) is 0.323. The van der Waals surface area contributed by atoms with E-state index in [1.165, 1.54) is 21.5 Å². The first-order valence-corrected chi connectivity index (χ1v) is 14.8. The molecule has 0 saturated carbocycles. The number of hydrogen-bond acceptors (Lipinski definition) is 0. The van der Waals surface area contributed by atoms with Crippen molar-refractivity contribution < 1.29 is 17.0 Å². The van der Waals surface area contributed by atoms with E-state index < -0.39 is 15.3 Å². The Balaban J connectivity index is 0.00000261. The van der Waals surface area contributed by atoms with Crippen molar-refractivity contribution in [2.45, 2.75) is 19.6 Å². The van der Waals surface area contributed by atoms with Gasteiger partial charge in [0, 0.05) is 0 Å². The molecule has 3 rings (SSSR count). The first kappa shape index (κ1) is 21.6. The smallest absolute Gasteiger partial charge is 0.129 e. The molecule has 0 fully saturated rings. The fraction of sp³-hybridized carbons (Fsp3) is 0.167. The lowest BCUT2D eigenvalue weighted by Gasteiger charge is -2.24. The van der Waals surface area contributed by atoms with Gasteiger partial charge in [-0.05, 0) is 36.4 Å². The highest BCUT2D eigenvalue weighted by Crippen LogP contribution is 2.52. The first-order chi connectivity index (χ1) is 12.4. The van der Waals surface area contributed by atoms with Gasteiger partial charge in [0.2, 0.25) is 0 Å². The van der Waals surface area contributed by atoms with Crippen molar-refractivity contribution in [3.63, 3.8) is 0 Å². The summed E-state index contributed by atoms with van der Waals surface area (Å²) in [5.74, 6) is 3.54. The van der Waals surface area contributed by atoms with Gasteiger partial charge in [0.1, 0.15) is 31.2 Å². The number of benzene rings is 3. The molecule has 0 spiro atoms. The minimum Gasteiger partial charge on any atom is -1.00 e. The van der Waals surface area contributed by atoms with Gasteiger partial charge in [-0.2, -0.15) is 0 Å². The fourth-order valence-electron chi connectivity index (χ4n) is 3.10. The van der Waals surface area contributed by atoms with Crippen LogP contribution in [0.15, 0.2) is 84.9 Å². The molecule has 0 atom stereocenters. The van der Waals surface area contributed by atoms with Gasteiger partial charge in [-0.25, -0.2) is 0 Å². The molecule has 0 radical (unpaired) electrons. The molecule has 0 aliphatic rings. The predicted molar refractivity (Wildman–Crippen MR) is 121 cm³/mol. The van der Waals surface area contributed by atoms with Crippen LogP contribution in [0.2, 0.25) is 19.6 Å². The van der Waals surface area contributed by atoms with E-state index in [4.69, 9.17) is 0 Å². The van der Waals surface area contributed by atoms with Crippen molar-refractivity contribution in [1.82, 2.24) is 0 Å². The summed E-state index contributed by atoms with van der Waals surface area (Å²) in [6, 6.07) is 30.6. The molecule has 3 aromatic carbocycles. The van der Waals surface area contributed by atoms with Crippen LogP contribution >= 0.6 is 7.26 Å². The van der Waals surface area contributed by atoms with Crippen LogP contribution in [0.5, 0.6) is 0 Å². The third kappa shape index (κ3) is 4.99. The Hall–Kier alpha value is -1.65. The van der Waals surface area contributed by atoms with Crippen LogP contribution in [-0.2, 0) is 0 Å². The third-order valence-corrected chi connectivity index (χ3v) is 9.39. The molecule has 138 valence electrons. The largest absolute Gasteiger partial charge is 1.00 e. The third-order valence-electron chi connectivity index (χ3n) is 4.50. The van der Waals surface area contributed by atoms with Gasteiger partial charge in [0.05, 0.1) is 12.2 Å². The summed E-state index contributed by atoms with van der Waals surface area (Å²) < 4.78 is 0. The second kappa shape index (κ2) is 9.02. The van der Waals surface area contributed by atoms with Crippen LogP contribution in [0, 0.1) is 11.5 Å². The maximum atomic E-state index is 3.56. The van der Waals surface area contributed by atoms with Gasteiger partial charge in [-0.3, -0.25) is 0 Å². The summed E-state index contributed by atoms with van der Waals surface area (Å²) in [5, 5.41) is 4.17. The Morgan fingerprint density at radius 3 is 1.59 bits per heavy atom. The average molecular weight is 453 g/mol. The standard InChI is InChI=1S/C24H26PSi.BrH/c1-25(22-14-7-5-8-15-22,23-16-9-6-10-17-23)24-18-12-11-13-21(24)19-20-26(2,3)4;/h5-18H,1-4H3;1H/q+1;/p-1. The van der Waals surface area contributed by atoms with Crippen molar-refractivity contribution in [3.05, 3.63) is 90.5 Å². The van der Waals surface area contributed by atoms with Crippen molar-refractivity contribution in [2.24, 2.45) is 0 Å². The Bertz CT molecular complexity index is 895. The highest BCUT2D eigenvalue weighted by atomic mass is 79.9. The Labute approximate surface area is 176 Å². The van der Waals surface area contributed by atoms with Crippen LogP contribution in [0.4, 0.5) is 0 Å². The van der Waals surface area contributed by atoms with Gasteiger partial charge in [0.15, 0.2) is 0 Å². The second-order valence-corrected chi connectivity index (χ2v) is 16.0. The van der Waals surface area contributed by atoms with Crippen LogP contribution in [0.1, 0.15) is 5.56 Å². The van der Waals surface area contributed by atoms with Gasteiger partial charge >= 0.3 is 0 Å². The molecule has 0 saturated heterocycles. The minimum absolute atomic E-state index is 0. The number of hydrogen-bond donors (Lipinski definition) is 0. The van der Waals surface area contributed by atoms with Crippen LogP contribution in [0.3, 0.4) is 0 Å². The van der Waals surface area contributed by atoms with Crippen molar-refractivity contribution in [1.29, 1.82) is 0 Å². The summed E-state index contributed by atoms with van der Waals surface area (Å²) in [5.41, 5.74) is 4.74. The van der Waals surface area contributed by atoms with Crippen molar-refractivity contribution >= 4 is 31.2 Å². The van der Waals surface area contributed by atoms with E-state index >= 15 is 0 Å². The lowest BCUT2D eigenvalue weighted by molar-refractivity contribution is -0.00000540. The van der Waals surface area contributed by atoms with E-state index in [2.05, 4.69) is 123 Å². The molecule has 0 aromatic heterocycles. The van der Waals surface area contributed by atoms with E-state index in [-0.39, 0.29) is 17.0 Å². The SMILES string of the molecule is C[Si](C)(C)C#Cc1ccccc1[P+](C)(c1ccccc1)c1ccccc1.[Br-]. The monoisotopic (exact) mass is 452 g/mol. The average Bonchev–Trinajstić information content (AvgIpc) is 2.67. The highest BCUT2D eigenvalue weighted by molar-refractivity contribution is 7.95. The molecule has 0 aliphatic heterocycles. The molecular weight excluding hydrogens is 427 g/mol. The molecule has 27 heavy (non-hydrogen) atoms.